The van der Waals surface area contributed by atoms with E-state index < -0.39 is 29.1 Å². The van der Waals surface area contributed by atoms with Crippen molar-refractivity contribution < 1.29 is 19.8 Å². The molecule has 100 valence electrons. The first kappa shape index (κ1) is 15.9. The summed E-state index contributed by atoms with van der Waals surface area (Å²) in [6, 6.07) is -0.882. The lowest BCUT2D eigenvalue weighted by Crippen LogP contribution is -2.60. The molecule has 0 rings (SSSR count). The Morgan fingerprint density at radius 2 is 1.76 bits per heavy atom. The van der Waals surface area contributed by atoms with Gasteiger partial charge in [-0.3, -0.25) is 9.59 Å². The third-order valence-electron chi connectivity index (χ3n) is 2.97. The molecule has 0 aromatic carbocycles. The normalized spacial score (nSPS) is 14.2. The smallest absolute Gasteiger partial charge is 0.303 e. The van der Waals surface area contributed by atoms with E-state index in [2.05, 4.69) is 5.32 Å². The van der Waals surface area contributed by atoms with E-state index in [1.165, 1.54) is 0 Å². The SMILES string of the molecule is CC(C)(O)C(C)(C)NC(=O)C(N)CCC(=O)O. The summed E-state index contributed by atoms with van der Waals surface area (Å²) in [6.07, 6.45) is -0.0827. The average Bonchev–Trinajstić information content (AvgIpc) is 2.11. The van der Waals surface area contributed by atoms with Crippen molar-refractivity contribution in [2.24, 2.45) is 5.73 Å². The number of carboxylic acids is 1. The van der Waals surface area contributed by atoms with Crippen LogP contribution in [0.1, 0.15) is 40.5 Å². The van der Waals surface area contributed by atoms with Crippen molar-refractivity contribution in [1.29, 1.82) is 0 Å². The van der Waals surface area contributed by atoms with Crippen LogP contribution in [0.25, 0.3) is 0 Å². The minimum atomic E-state index is -1.10. The third kappa shape index (κ3) is 5.14. The van der Waals surface area contributed by atoms with Gasteiger partial charge in [0.15, 0.2) is 0 Å². The molecule has 0 saturated carbocycles. The summed E-state index contributed by atoms with van der Waals surface area (Å²) in [6.45, 7) is 6.51. The molecule has 0 bridgehead atoms. The topological polar surface area (TPSA) is 113 Å². The molecule has 0 fully saturated rings. The van der Waals surface area contributed by atoms with Crippen LogP contribution in [0.15, 0.2) is 0 Å². The lowest BCUT2D eigenvalue weighted by atomic mass is 9.85. The first-order valence-electron chi connectivity index (χ1n) is 5.49. The lowest BCUT2D eigenvalue weighted by Gasteiger charge is -2.38. The molecule has 1 atom stereocenters. The fourth-order valence-electron chi connectivity index (χ4n) is 0.964. The Morgan fingerprint density at radius 1 is 1.29 bits per heavy atom. The fraction of sp³-hybridized carbons (Fsp3) is 0.818. The number of aliphatic carboxylic acids is 1. The van der Waals surface area contributed by atoms with Crippen molar-refractivity contribution >= 4 is 11.9 Å². The maximum atomic E-state index is 11.7. The number of carbonyl (C=O) groups excluding carboxylic acids is 1. The Morgan fingerprint density at radius 3 is 2.12 bits per heavy atom. The van der Waals surface area contributed by atoms with Gasteiger partial charge in [-0.05, 0) is 34.1 Å². The number of carbonyl (C=O) groups is 2. The van der Waals surface area contributed by atoms with Gasteiger partial charge < -0.3 is 21.3 Å². The summed E-state index contributed by atoms with van der Waals surface area (Å²) < 4.78 is 0. The second kappa shape index (κ2) is 5.46. The summed E-state index contributed by atoms with van der Waals surface area (Å²) in [7, 11) is 0. The van der Waals surface area contributed by atoms with Gasteiger partial charge in [-0.25, -0.2) is 0 Å². The van der Waals surface area contributed by atoms with Crippen LogP contribution < -0.4 is 11.1 Å². The quantitative estimate of drug-likeness (QED) is 0.520. The number of carboxylic acid groups (broad SMARTS) is 1. The van der Waals surface area contributed by atoms with Crippen LogP contribution >= 0.6 is 0 Å². The highest BCUT2D eigenvalue weighted by Gasteiger charge is 2.37. The van der Waals surface area contributed by atoms with E-state index in [0.29, 0.717) is 0 Å². The van der Waals surface area contributed by atoms with Gasteiger partial charge in [0.25, 0.3) is 0 Å². The average molecular weight is 246 g/mol. The zero-order chi connectivity index (χ0) is 13.9. The highest BCUT2D eigenvalue weighted by atomic mass is 16.4. The van der Waals surface area contributed by atoms with Crippen LogP contribution in [0.3, 0.4) is 0 Å². The van der Waals surface area contributed by atoms with Gasteiger partial charge in [-0.2, -0.15) is 0 Å². The Kier molecular flexibility index (Phi) is 5.10. The first-order chi connectivity index (χ1) is 7.47. The molecule has 0 aromatic heterocycles. The maximum Gasteiger partial charge on any atom is 0.303 e. The first-order valence-corrected chi connectivity index (χ1v) is 5.49. The van der Waals surface area contributed by atoms with E-state index in [9.17, 15) is 14.7 Å². The minimum Gasteiger partial charge on any atom is -0.481 e. The van der Waals surface area contributed by atoms with Crippen molar-refractivity contribution in [2.45, 2.75) is 57.7 Å². The minimum absolute atomic E-state index is 0.0725. The predicted octanol–water partition coefficient (Wildman–Crippen LogP) is -0.156. The van der Waals surface area contributed by atoms with Crippen molar-refractivity contribution in [3.63, 3.8) is 0 Å². The number of rotatable bonds is 6. The van der Waals surface area contributed by atoms with Crippen LogP contribution in [0, 0.1) is 0 Å². The zero-order valence-electron chi connectivity index (χ0n) is 10.8. The summed E-state index contributed by atoms with van der Waals surface area (Å²) in [5.74, 6) is -1.45. The molecule has 0 radical (unpaired) electrons. The van der Waals surface area contributed by atoms with Crippen LogP contribution in [-0.2, 0) is 9.59 Å². The van der Waals surface area contributed by atoms with Crippen molar-refractivity contribution in [3.8, 4) is 0 Å². The molecule has 6 nitrogen and oxygen atoms in total. The van der Waals surface area contributed by atoms with Crippen LogP contribution in [0.5, 0.6) is 0 Å². The van der Waals surface area contributed by atoms with Gasteiger partial charge in [-0.15, -0.1) is 0 Å². The Bertz CT molecular complexity index is 294. The number of hydrogen-bond donors (Lipinski definition) is 4. The molecule has 0 aliphatic rings. The molecule has 0 spiro atoms. The molecule has 0 aliphatic carbocycles. The standard InChI is InChI=1S/C11H22N2O4/c1-10(2,11(3,4)17)13-9(16)7(12)5-6-8(14)15/h7,17H,5-6,12H2,1-4H3,(H,13,16)(H,14,15). The number of nitrogens with one attached hydrogen (secondary N) is 1. The lowest BCUT2D eigenvalue weighted by molar-refractivity contribution is -0.137. The van der Waals surface area contributed by atoms with E-state index in [1.807, 2.05) is 0 Å². The van der Waals surface area contributed by atoms with Crippen molar-refractivity contribution in [1.82, 2.24) is 5.32 Å². The van der Waals surface area contributed by atoms with Gasteiger partial charge in [-0.1, -0.05) is 0 Å². The molecule has 17 heavy (non-hydrogen) atoms. The van der Waals surface area contributed by atoms with Gasteiger partial charge in [0.05, 0.1) is 17.2 Å². The molecule has 0 heterocycles. The van der Waals surface area contributed by atoms with Crippen LogP contribution in [-0.4, -0.2) is 39.3 Å². The highest BCUT2D eigenvalue weighted by molar-refractivity contribution is 5.82. The number of hydrogen-bond acceptors (Lipinski definition) is 4. The summed E-state index contributed by atoms with van der Waals surface area (Å²) in [5.41, 5.74) is 3.61. The maximum absolute atomic E-state index is 11.7. The Hall–Kier alpha value is -1.14. The van der Waals surface area contributed by atoms with E-state index >= 15 is 0 Å². The van der Waals surface area contributed by atoms with Crippen molar-refractivity contribution in [2.75, 3.05) is 0 Å². The number of aliphatic hydroxyl groups is 1. The van der Waals surface area contributed by atoms with Gasteiger partial charge in [0, 0.05) is 6.42 Å². The van der Waals surface area contributed by atoms with Gasteiger partial charge in [0.1, 0.15) is 0 Å². The van der Waals surface area contributed by atoms with E-state index in [1.54, 1.807) is 27.7 Å². The monoisotopic (exact) mass is 246 g/mol. The van der Waals surface area contributed by atoms with Crippen molar-refractivity contribution in [3.05, 3.63) is 0 Å². The molecule has 5 N–H and O–H groups in total. The largest absolute Gasteiger partial charge is 0.481 e. The highest BCUT2D eigenvalue weighted by Crippen LogP contribution is 2.20. The molecule has 0 aromatic rings. The third-order valence-corrected chi connectivity index (χ3v) is 2.97. The molecule has 0 saturated heterocycles. The van der Waals surface area contributed by atoms with E-state index in [-0.39, 0.29) is 12.8 Å². The number of amides is 1. The second-order valence-corrected chi connectivity index (χ2v) is 5.21. The van der Waals surface area contributed by atoms with Crippen LogP contribution in [0.4, 0.5) is 0 Å². The molecule has 6 heteroatoms. The zero-order valence-corrected chi connectivity index (χ0v) is 10.8. The van der Waals surface area contributed by atoms with Gasteiger partial charge in [0.2, 0.25) is 5.91 Å². The molecular formula is C11H22N2O4. The Balaban J connectivity index is 4.39. The summed E-state index contributed by atoms with van der Waals surface area (Å²) >= 11 is 0. The predicted molar refractivity (Wildman–Crippen MR) is 63.4 cm³/mol. The summed E-state index contributed by atoms with van der Waals surface area (Å²) in [5, 5.41) is 20.9. The molecule has 1 amide bonds. The molecular weight excluding hydrogens is 224 g/mol. The number of nitrogens with two attached hydrogens (primary N) is 1. The molecule has 1 unspecified atom stereocenters. The van der Waals surface area contributed by atoms with Crippen LogP contribution in [0.2, 0.25) is 0 Å². The van der Waals surface area contributed by atoms with E-state index in [4.69, 9.17) is 10.8 Å². The second-order valence-electron chi connectivity index (χ2n) is 5.21. The fourth-order valence-corrected chi connectivity index (χ4v) is 0.964. The van der Waals surface area contributed by atoms with Gasteiger partial charge >= 0.3 is 5.97 Å². The Labute approximate surface area is 101 Å². The molecule has 0 aliphatic heterocycles. The van der Waals surface area contributed by atoms with E-state index in [0.717, 1.165) is 0 Å². The summed E-state index contributed by atoms with van der Waals surface area (Å²) in [4.78, 5) is 22.0.